The van der Waals surface area contributed by atoms with Gasteiger partial charge in [0.05, 0.1) is 0 Å². The summed E-state index contributed by atoms with van der Waals surface area (Å²) < 4.78 is 0. The van der Waals surface area contributed by atoms with Crippen LogP contribution in [-0.2, 0) is 6.42 Å². The fraction of sp³-hybridized carbons (Fsp3) is 0.300. The van der Waals surface area contributed by atoms with Crippen LogP contribution in [0.15, 0.2) is 23.2 Å². The van der Waals surface area contributed by atoms with Gasteiger partial charge in [-0.1, -0.05) is 17.7 Å². The van der Waals surface area contributed by atoms with E-state index in [-0.39, 0.29) is 0 Å². The number of fused-ring (bicyclic) bond motifs is 1. The molecule has 0 N–H and O–H groups in total. The normalized spacial score (nSPS) is 15.3. The molecule has 1 aromatic carbocycles. The number of hydrogen-bond donors (Lipinski definition) is 0. The van der Waals surface area contributed by atoms with Crippen LogP contribution in [0.2, 0.25) is 5.02 Å². The predicted octanol–water partition coefficient (Wildman–Crippen LogP) is 2.71. The number of aliphatic imine (C=N–C) groups is 1. The Kier molecular flexibility index (Phi) is 1.89. The lowest BCUT2D eigenvalue weighted by molar-refractivity contribution is 0.942. The smallest absolute Gasteiger partial charge is 0.0433 e. The van der Waals surface area contributed by atoms with Crippen LogP contribution in [0.1, 0.15) is 18.1 Å². The summed E-state index contributed by atoms with van der Waals surface area (Å²) in [7, 11) is 0. The molecule has 0 amide bonds. The highest BCUT2D eigenvalue weighted by atomic mass is 35.5. The molecule has 0 aromatic heterocycles. The summed E-state index contributed by atoms with van der Waals surface area (Å²) in [5.74, 6) is 0. The molecule has 1 nitrogen and oxygen atoms in total. The molecule has 12 heavy (non-hydrogen) atoms. The van der Waals surface area contributed by atoms with E-state index in [9.17, 15) is 0 Å². The van der Waals surface area contributed by atoms with Gasteiger partial charge in [-0.15, -0.1) is 0 Å². The Bertz CT molecular complexity index is 342. The van der Waals surface area contributed by atoms with Crippen molar-refractivity contribution in [2.45, 2.75) is 13.3 Å². The van der Waals surface area contributed by atoms with E-state index in [0.29, 0.717) is 0 Å². The van der Waals surface area contributed by atoms with Crippen molar-refractivity contribution < 1.29 is 0 Å². The van der Waals surface area contributed by atoms with Gasteiger partial charge in [0.1, 0.15) is 0 Å². The van der Waals surface area contributed by atoms with Crippen LogP contribution in [0.3, 0.4) is 0 Å². The van der Waals surface area contributed by atoms with Crippen molar-refractivity contribution in [1.29, 1.82) is 0 Å². The summed E-state index contributed by atoms with van der Waals surface area (Å²) in [6.07, 6.45) is 1.05. The maximum atomic E-state index is 5.89. The maximum Gasteiger partial charge on any atom is 0.0433 e. The molecule has 0 saturated carbocycles. The van der Waals surface area contributed by atoms with Crippen molar-refractivity contribution in [1.82, 2.24) is 0 Å². The van der Waals surface area contributed by atoms with E-state index >= 15 is 0 Å². The summed E-state index contributed by atoms with van der Waals surface area (Å²) in [6, 6.07) is 6.03. The predicted molar refractivity (Wildman–Crippen MR) is 52.2 cm³/mol. The van der Waals surface area contributed by atoms with Crippen LogP contribution in [-0.4, -0.2) is 12.3 Å². The first-order valence-electron chi connectivity index (χ1n) is 4.07. The fourth-order valence-electron chi connectivity index (χ4n) is 1.53. The summed E-state index contributed by atoms with van der Waals surface area (Å²) in [5.41, 5.74) is 3.69. The highest BCUT2D eigenvalue weighted by Gasteiger charge is 2.09. The van der Waals surface area contributed by atoms with Gasteiger partial charge in [-0.2, -0.15) is 0 Å². The van der Waals surface area contributed by atoms with Crippen molar-refractivity contribution in [2.24, 2.45) is 4.99 Å². The molecular formula is C10H10ClN. The first-order valence-corrected chi connectivity index (χ1v) is 4.45. The minimum absolute atomic E-state index is 0.796. The Balaban J connectivity index is 2.58. The van der Waals surface area contributed by atoms with E-state index < -0.39 is 0 Å². The third kappa shape index (κ3) is 1.25. The molecule has 1 aliphatic rings. The van der Waals surface area contributed by atoms with Gasteiger partial charge in [0, 0.05) is 17.3 Å². The summed E-state index contributed by atoms with van der Waals surface area (Å²) >= 11 is 5.89. The Morgan fingerprint density at radius 3 is 3.08 bits per heavy atom. The molecule has 0 fully saturated rings. The number of halogens is 1. The molecule has 0 spiro atoms. The lowest BCUT2D eigenvalue weighted by Crippen LogP contribution is -2.09. The van der Waals surface area contributed by atoms with E-state index in [1.54, 1.807) is 0 Å². The number of hydrogen-bond acceptors (Lipinski definition) is 1. The molecule has 1 aliphatic heterocycles. The SMILES string of the molecule is CC1=NCCc2ccc(Cl)cc21. The third-order valence-electron chi connectivity index (χ3n) is 2.19. The largest absolute Gasteiger partial charge is 0.289 e. The first kappa shape index (κ1) is 7.81. The maximum absolute atomic E-state index is 5.89. The molecule has 0 unspecified atom stereocenters. The van der Waals surface area contributed by atoms with Crippen LogP contribution in [0.25, 0.3) is 0 Å². The van der Waals surface area contributed by atoms with Gasteiger partial charge in [0.15, 0.2) is 0 Å². The van der Waals surface area contributed by atoms with E-state index in [1.807, 2.05) is 19.1 Å². The monoisotopic (exact) mass is 179 g/mol. The van der Waals surface area contributed by atoms with E-state index in [1.165, 1.54) is 11.1 Å². The van der Waals surface area contributed by atoms with Gasteiger partial charge in [0.25, 0.3) is 0 Å². The summed E-state index contributed by atoms with van der Waals surface area (Å²) in [4.78, 5) is 4.37. The molecule has 0 saturated heterocycles. The molecule has 1 heterocycles. The van der Waals surface area contributed by atoms with Crippen molar-refractivity contribution in [3.63, 3.8) is 0 Å². The topological polar surface area (TPSA) is 12.4 Å². The summed E-state index contributed by atoms with van der Waals surface area (Å²) in [5, 5.41) is 0.796. The Hall–Kier alpha value is -0.820. The van der Waals surface area contributed by atoms with Crippen molar-refractivity contribution in [2.75, 3.05) is 6.54 Å². The second kappa shape index (κ2) is 2.91. The van der Waals surface area contributed by atoms with Gasteiger partial charge in [-0.05, 0) is 36.6 Å². The minimum atomic E-state index is 0.796. The number of rotatable bonds is 0. The molecule has 0 aliphatic carbocycles. The minimum Gasteiger partial charge on any atom is -0.289 e. The second-order valence-electron chi connectivity index (χ2n) is 3.02. The molecule has 2 rings (SSSR count). The molecule has 0 atom stereocenters. The fourth-order valence-corrected chi connectivity index (χ4v) is 1.70. The Morgan fingerprint density at radius 2 is 2.25 bits per heavy atom. The van der Waals surface area contributed by atoms with E-state index in [0.717, 1.165) is 23.7 Å². The molecule has 0 bridgehead atoms. The lowest BCUT2D eigenvalue weighted by Gasteiger charge is -2.13. The number of benzene rings is 1. The lowest BCUT2D eigenvalue weighted by atomic mass is 9.99. The molecule has 0 radical (unpaired) electrons. The van der Waals surface area contributed by atoms with E-state index in [4.69, 9.17) is 11.6 Å². The Labute approximate surface area is 77.1 Å². The number of nitrogens with zero attached hydrogens (tertiary/aromatic N) is 1. The van der Waals surface area contributed by atoms with Gasteiger partial charge in [0.2, 0.25) is 0 Å². The van der Waals surface area contributed by atoms with Crippen LogP contribution in [0, 0.1) is 0 Å². The van der Waals surface area contributed by atoms with Crippen LogP contribution >= 0.6 is 11.6 Å². The van der Waals surface area contributed by atoms with Gasteiger partial charge in [-0.25, -0.2) is 0 Å². The van der Waals surface area contributed by atoms with Crippen molar-refractivity contribution >= 4 is 17.3 Å². The van der Waals surface area contributed by atoms with Crippen LogP contribution in [0.4, 0.5) is 0 Å². The average molecular weight is 180 g/mol. The highest BCUT2D eigenvalue weighted by molar-refractivity contribution is 6.31. The zero-order valence-corrected chi connectivity index (χ0v) is 7.73. The Morgan fingerprint density at radius 1 is 1.42 bits per heavy atom. The average Bonchev–Trinajstić information content (AvgIpc) is 2.07. The highest BCUT2D eigenvalue weighted by Crippen LogP contribution is 2.20. The van der Waals surface area contributed by atoms with Gasteiger partial charge in [-0.3, -0.25) is 4.99 Å². The molecule has 1 aromatic rings. The third-order valence-corrected chi connectivity index (χ3v) is 2.43. The van der Waals surface area contributed by atoms with Gasteiger partial charge >= 0.3 is 0 Å². The standard InChI is InChI=1S/C10H10ClN/c1-7-10-6-9(11)3-2-8(10)4-5-12-7/h2-3,6H,4-5H2,1H3. The van der Waals surface area contributed by atoms with E-state index in [2.05, 4.69) is 11.1 Å². The zero-order valence-electron chi connectivity index (χ0n) is 6.97. The van der Waals surface area contributed by atoms with Crippen LogP contribution < -0.4 is 0 Å². The molecular weight excluding hydrogens is 170 g/mol. The summed E-state index contributed by atoms with van der Waals surface area (Å²) in [6.45, 7) is 2.95. The van der Waals surface area contributed by atoms with Crippen LogP contribution in [0.5, 0.6) is 0 Å². The first-order chi connectivity index (χ1) is 5.77. The second-order valence-corrected chi connectivity index (χ2v) is 3.46. The quantitative estimate of drug-likeness (QED) is 0.581. The molecule has 62 valence electrons. The zero-order chi connectivity index (χ0) is 8.55. The molecule has 2 heteroatoms. The van der Waals surface area contributed by atoms with Gasteiger partial charge < -0.3 is 0 Å². The van der Waals surface area contributed by atoms with Crippen molar-refractivity contribution in [3.05, 3.63) is 34.3 Å². The van der Waals surface area contributed by atoms with Crippen molar-refractivity contribution in [3.8, 4) is 0 Å².